The molecule has 0 fully saturated rings. The Labute approximate surface area is 174 Å². The third-order valence-electron chi connectivity index (χ3n) is 3.93. The molecule has 1 amide bonds. The van der Waals surface area contributed by atoms with Crippen LogP contribution in [0, 0.1) is 10.1 Å². The van der Waals surface area contributed by atoms with Crippen molar-refractivity contribution in [3.63, 3.8) is 0 Å². The van der Waals surface area contributed by atoms with Gasteiger partial charge in [0.1, 0.15) is 11.5 Å². The number of ether oxygens (including phenoxy) is 2. The average Bonchev–Trinajstić information content (AvgIpc) is 2.65. The molecule has 0 radical (unpaired) electrons. The zero-order chi connectivity index (χ0) is 21.4. The van der Waals surface area contributed by atoms with Gasteiger partial charge in [0.15, 0.2) is 0 Å². The molecule has 2 aromatic carbocycles. The Bertz CT molecular complexity index is 875. The molecule has 29 heavy (non-hydrogen) atoms. The van der Waals surface area contributed by atoms with Crippen LogP contribution >= 0.6 is 11.6 Å². The fourth-order valence-electron chi connectivity index (χ4n) is 2.72. The number of halogens is 1. The Kier molecular flexibility index (Phi) is 8.23. The molecule has 2 aromatic rings. The largest absolute Gasteiger partial charge is 0.494 e. The van der Waals surface area contributed by atoms with Crippen molar-refractivity contribution in [1.82, 2.24) is 4.90 Å². The second kappa shape index (κ2) is 10.6. The van der Waals surface area contributed by atoms with Gasteiger partial charge in [0.25, 0.3) is 5.69 Å². The minimum atomic E-state index is -0.479. The molecule has 0 aliphatic carbocycles. The van der Waals surface area contributed by atoms with Crippen LogP contribution < -0.4 is 14.8 Å². The van der Waals surface area contributed by atoms with Crippen LogP contribution in [0.25, 0.3) is 0 Å². The number of hydrogen-bond acceptors (Lipinski definition) is 6. The first-order valence-corrected chi connectivity index (χ1v) is 9.52. The summed E-state index contributed by atoms with van der Waals surface area (Å²) in [5.41, 5.74) is 1.05. The summed E-state index contributed by atoms with van der Waals surface area (Å²) in [6, 6.07) is 9.48. The number of rotatable bonds is 10. The molecule has 0 heterocycles. The molecule has 0 saturated heterocycles. The maximum atomic E-state index is 12.5. The Morgan fingerprint density at radius 2 is 1.90 bits per heavy atom. The van der Waals surface area contributed by atoms with Crippen molar-refractivity contribution in [1.29, 1.82) is 0 Å². The van der Waals surface area contributed by atoms with E-state index in [1.807, 2.05) is 13.8 Å². The van der Waals surface area contributed by atoms with E-state index < -0.39 is 4.92 Å². The molecule has 0 unspecified atom stereocenters. The standard InChI is InChI=1S/C20H24ClN3O5/c1-4-28-16-7-9-19(29-5-2)18(11-16)22-20(25)13-23(3)12-14-10-15(24(26)27)6-8-17(14)21/h6-11H,4-5,12-13H2,1-3H3,(H,22,25). The van der Waals surface area contributed by atoms with Gasteiger partial charge < -0.3 is 14.8 Å². The number of anilines is 1. The van der Waals surface area contributed by atoms with E-state index in [1.165, 1.54) is 18.2 Å². The summed E-state index contributed by atoms with van der Waals surface area (Å²) in [6.45, 7) is 5.05. The van der Waals surface area contributed by atoms with Crippen molar-refractivity contribution in [3.05, 3.63) is 57.1 Å². The fraction of sp³-hybridized carbons (Fsp3) is 0.350. The van der Waals surface area contributed by atoms with Gasteiger partial charge in [0, 0.05) is 29.8 Å². The minimum absolute atomic E-state index is 0.0450. The predicted octanol–water partition coefficient (Wildman–Crippen LogP) is 4.12. The van der Waals surface area contributed by atoms with E-state index in [1.54, 1.807) is 30.1 Å². The lowest BCUT2D eigenvalue weighted by molar-refractivity contribution is -0.384. The third-order valence-corrected chi connectivity index (χ3v) is 4.30. The van der Waals surface area contributed by atoms with Crippen LogP contribution in [-0.4, -0.2) is 42.5 Å². The van der Waals surface area contributed by atoms with E-state index in [0.717, 1.165) is 0 Å². The number of likely N-dealkylation sites (N-methyl/N-ethyl adjacent to an activating group) is 1. The van der Waals surface area contributed by atoms with Gasteiger partial charge in [-0.25, -0.2) is 0 Å². The van der Waals surface area contributed by atoms with Crippen LogP contribution in [0.2, 0.25) is 5.02 Å². The van der Waals surface area contributed by atoms with Crippen molar-refractivity contribution in [2.75, 3.05) is 32.1 Å². The summed E-state index contributed by atoms with van der Waals surface area (Å²) >= 11 is 6.13. The molecule has 0 atom stereocenters. The SMILES string of the molecule is CCOc1ccc(OCC)c(NC(=O)CN(C)Cc2cc([N+](=O)[O-])ccc2Cl)c1. The first-order chi connectivity index (χ1) is 13.8. The number of amides is 1. The number of hydrogen-bond donors (Lipinski definition) is 1. The molecule has 8 nitrogen and oxygen atoms in total. The van der Waals surface area contributed by atoms with Crippen molar-refractivity contribution in [2.24, 2.45) is 0 Å². The molecule has 1 N–H and O–H groups in total. The molecular formula is C20H24ClN3O5. The van der Waals surface area contributed by atoms with Crippen LogP contribution in [0.5, 0.6) is 11.5 Å². The maximum Gasteiger partial charge on any atom is 0.269 e. The summed E-state index contributed by atoms with van der Waals surface area (Å²) in [6.07, 6.45) is 0. The lowest BCUT2D eigenvalue weighted by atomic mass is 10.2. The van der Waals surface area contributed by atoms with E-state index in [0.29, 0.717) is 41.0 Å². The molecule has 0 aliphatic heterocycles. The molecule has 9 heteroatoms. The lowest BCUT2D eigenvalue weighted by Gasteiger charge is -2.18. The smallest absolute Gasteiger partial charge is 0.269 e. The van der Waals surface area contributed by atoms with E-state index in [4.69, 9.17) is 21.1 Å². The predicted molar refractivity (Wildman–Crippen MR) is 112 cm³/mol. The van der Waals surface area contributed by atoms with Crippen molar-refractivity contribution >= 4 is 28.9 Å². The molecule has 0 aliphatic rings. The van der Waals surface area contributed by atoms with Gasteiger partial charge in [0.05, 0.1) is 30.4 Å². The molecule has 0 aromatic heterocycles. The van der Waals surface area contributed by atoms with Gasteiger partial charge in [-0.3, -0.25) is 19.8 Å². The molecule has 0 spiro atoms. The topological polar surface area (TPSA) is 93.9 Å². The number of carbonyl (C=O) groups is 1. The number of carbonyl (C=O) groups excluding carboxylic acids is 1. The van der Waals surface area contributed by atoms with Crippen LogP contribution in [-0.2, 0) is 11.3 Å². The number of nitro benzene ring substituents is 1. The highest BCUT2D eigenvalue weighted by Crippen LogP contribution is 2.29. The van der Waals surface area contributed by atoms with Crippen LogP contribution in [0.3, 0.4) is 0 Å². The van der Waals surface area contributed by atoms with E-state index in [-0.39, 0.29) is 24.7 Å². The van der Waals surface area contributed by atoms with E-state index in [9.17, 15) is 14.9 Å². The molecule has 0 saturated carbocycles. The summed E-state index contributed by atoms with van der Waals surface area (Å²) < 4.78 is 11.0. The number of nitro groups is 1. The summed E-state index contributed by atoms with van der Waals surface area (Å²) in [7, 11) is 1.73. The second-order valence-electron chi connectivity index (χ2n) is 6.28. The van der Waals surface area contributed by atoms with Gasteiger partial charge in [-0.1, -0.05) is 11.6 Å². The van der Waals surface area contributed by atoms with Gasteiger partial charge in [0.2, 0.25) is 5.91 Å². The third kappa shape index (κ3) is 6.62. The monoisotopic (exact) mass is 421 g/mol. The van der Waals surface area contributed by atoms with Crippen molar-refractivity contribution in [3.8, 4) is 11.5 Å². The van der Waals surface area contributed by atoms with Gasteiger partial charge in [-0.15, -0.1) is 0 Å². The highest BCUT2D eigenvalue weighted by molar-refractivity contribution is 6.31. The minimum Gasteiger partial charge on any atom is -0.494 e. The number of benzene rings is 2. The molecular weight excluding hydrogens is 398 g/mol. The second-order valence-corrected chi connectivity index (χ2v) is 6.68. The maximum absolute atomic E-state index is 12.5. The van der Waals surface area contributed by atoms with Gasteiger partial charge >= 0.3 is 0 Å². The highest BCUT2D eigenvalue weighted by Gasteiger charge is 2.15. The number of non-ortho nitro benzene ring substituents is 1. The van der Waals surface area contributed by atoms with Crippen LogP contribution in [0.1, 0.15) is 19.4 Å². The Morgan fingerprint density at radius 1 is 1.17 bits per heavy atom. The summed E-state index contributed by atoms with van der Waals surface area (Å²) in [5, 5.41) is 14.2. The summed E-state index contributed by atoms with van der Waals surface area (Å²) in [5.74, 6) is 0.917. The van der Waals surface area contributed by atoms with Crippen molar-refractivity contribution < 1.29 is 19.2 Å². The highest BCUT2D eigenvalue weighted by atomic mass is 35.5. The molecule has 2 rings (SSSR count). The molecule has 0 bridgehead atoms. The zero-order valence-electron chi connectivity index (χ0n) is 16.6. The van der Waals surface area contributed by atoms with Gasteiger partial charge in [-0.05, 0) is 44.7 Å². The Balaban J connectivity index is 2.06. The number of nitrogens with one attached hydrogen (secondary N) is 1. The number of nitrogens with zero attached hydrogens (tertiary/aromatic N) is 2. The first-order valence-electron chi connectivity index (χ1n) is 9.14. The normalized spacial score (nSPS) is 10.7. The Morgan fingerprint density at radius 3 is 2.55 bits per heavy atom. The average molecular weight is 422 g/mol. The molecule has 156 valence electrons. The summed E-state index contributed by atoms with van der Waals surface area (Å²) in [4.78, 5) is 24.7. The van der Waals surface area contributed by atoms with E-state index in [2.05, 4.69) is 5.32 Å². The Hall–Kier alpha value is -2.84. The van der Waals surface area contributed by atoms with Crippen LogP contribution in [0.15, 0.2) is 36.4 Å². The lowest BCUT2D eigenvalue weighted by Crippen LogP contribution is -2.30. The zero-order valence-corrected chi connectivity index (χ0v) is 17.4. The quantitative estimate of drug-likeness (QED) is 0.458. The first kappa shape index (κ1) is 22.4. The van der Waals surface area contributed by atoms with Crippen molar-refractivity contribution in [2.45, 2.75) is 20.4 Å². The van der Waals surface area contributed by atoms with E-state index >= 15 is 0 Å². The van der Waals surface area contributed by atoms with Crippen LogP contribution in [0.4, 0.5) is 11.4 Å². The fourth-order valence-corrected chi connectivity index (χ4v) is 2.90. The van der Waals surface area contributed by atoms with Gasteiger partial charge in [-0.2, -0.15) is 0 Å².